The minimum atomic E-state index is 0.679. The fourth-order valence-corrected chi connectivity index (χ4v) is 1.31. The molecule has 0 aliphatic carbocycles. The Balaban J connectivity index is 2.39. The second-order valence-corrected chi connectivity index (χ2v) is 3.01. The molecule has 0 aromatic heterocycles. The van der Waals surface area contributed by atoms with Gasteiger partial charge >= 0.3 is 0 Å². The van der Waals surface area contributed by atoms with Crippen LogP contribution >= 0.6 is 0 Å². The normalized spacial score (nSPS) is 10.3. The van der Waals surface area contributed by atoms with Gasteiger partial charge in [0, 0.05) is 5.69 Å². The molecule has 0 saturated carbocycles. The summed E-state index contributed by atoms with van der Waals surface area (Å²) in [5.74, 6) is 0. The predicted octanol–water partition coefficient (Wildman–Crippen LogP) is 2.25. The smallest absolute Gasteiger partial charge is 0.210 e. The molecule has 1 aromatic rings. The molecular formula is C9H11NSi. The molecule has 0 unspecified atom stereocenters. The number of hydrogen-bond donors (Lipinski definition) is 1. The van der Waals surface area contributed by atoms with Gasteiger partial charge in [-0.2, -0.15) is 0 Å². The third-order valence-electron chi connectivity index (χ3n) is 1.24. The Morgan fingerprint density at radius 1 is 1.27 bits per heavy atom. The number of nitrogens with one attached hydrogen (secondary N) is 1. The van der Waals surface area contributed by atoms with Gasteiger partial charge in [0.15, 0.2) is 0 Å². The van der Waals surface area contributed by atoms with Gasteiger partial charge in [-0.25, -0.2) is 0 Å². The molecule has 0 aliphatic rings. The molecule has 1 rings (SSSR count). The Hall–Kier alpha value is -1.02. The lowest BCUT2D eigenvalue weighted by Gasteiger charge is -1.99. The summed E-state index contributed by atoms with van der Waals surface area (Å²) >= 11 is 0. The first kappa shape index (κ1) is 8.08. The second kappa shape index (κ2) is 4.74. The Morgan fingerprint density at radius 3 is 2.64 bits per heavy atom. The quantitative estimate of drug-likeness (QED) is 0.670. The Bertz CT molecular complexity index is 218. The van der Waals surface area contributed by atoms with Crippen LogP contribution in [-0.2, 0) is 0 Å². The summed E-state index contributed by atoms with van der Waals surface area (Å²) < 4.78 is 0. The van der Waals surface area contributed by atoms with Crippen LogP contribution < -0.4 is 4.98 Å². The van der Waals surface area contributed by atoms with Crippen molar-refractivity contribution in [2.45, 2.75) is 6.92 Å². The van der Waals surface area contributed by atoms with Gasteiger partial charge in [0.2, 0.25) is 9.68 Å². The minimum Gasteiger partial charge on any atom is -0.408 e. The monoisotopic (exact) mass is 161 g/mol. The van der Waals surface area contributed by atoms with E-state index in [1.165, 1.54) is 5.69 Å². The zero-order chi connectivity index (χ0) is 7.94. The number of hydrogen-bond acceptors (Lipinski definition) is 1. The summed E-state index contributed by atoms with van der Waals surface area (Å²) in [4.78, 5) is 3.29. The van der Waals surface area contributed by atoms with Crippen LogP contribution in [0.4, 0.5) is 5.69 Å². The van der Waals surface area contributed by atoms with E-state index in [1.807, 2.05) is 31.2 Å². The van der Waals surface area contributed by atoms with Crippen molar-refractivity contribution in [2.24, 2.45) is 0 Å². The SMILES string of the molecule is CC=C[Si]Nc1ccccc1. The molecule has 1 N–H and O–H groups in total. The van der Waals surface area contributed by atoms with Gasteiger partial charge in [-0.05, 0) is 19.1 Å². The fourth-order valence-electron chi connectivity index (χ4n) is 0.730. The number of allylic oxidation sites excluding steroid dienone is 1. The molecule has 1 nitrogen and oxygen atoms in total. The molecular weight excluding hydrogens is 150 g/mol. The highest BCUT2D eigenvalue weighted by Gasteiger charge is 1.85. The Morgan fingerprint density at radius 2 is 2.00 bits per heavy atom. The number of benzene rings is 1. The minimum absolute atomic E-state index is 0.679. The van der Waals surface area contributed by atoms with Gasteiger partial charge in [-0.15, -0.1) is 0 Å². The molecule has 0 aliphatic heterocycles. The van der Waals surface area contributed by atoms with Crippen LogP contribution in [-0.4, -0.2) is 9.68 Å². The third kappa shape index (κ3) is 3.05. The van der Waals surface area contributed by atoms with Crippen molar-refractivity contribution in [3.63, 3.8) is 0 Å². The van der Waals surface area contributed by atoms with Crippen LogP contribution in [0.2, 0.25) is 0 Å². The molecule has 0 saturated heterocycles. The fraction of sp³-hybridized carbons (Fsp3) is 0.111. The maximum atomic E-state index is 3.29. The first-order chi connectivity index (χ1) is 5.43. The van der Waals surface area contributed by atoms with Crippen LogP contribution in [0.3, 0.4) is 0 Å². The van der Waals surface area contributed by atoms with Crippen LogP contribution in [0.15, 0.2) is 42.1 Å². The van der Waals surface area contributed by atoms with Crippen molar-refractivity contribution in [1.82, 2.24) is 0 Å². The molecule has 0 atom stereocenters. The van der Waals surface area contributed by atoms with Gasteiger partial charge in [0.25, 0.3) is 0 Å². The third-order valence-corrected chi connectivity index (χ3v) is 2.17. The highest BCUT2D eigenvalue weighted by Crippen LogP contribution is 2.02. The van der Waals surface area contributed by atoms with Crippen LogP contribution in [0.5, 0.6) is 0 Å². The van der Waals surface area contributed by atoms with E-state index in [-0.39, 0.29) is 0 Å². The first-order valence-corrected chi connectivity index (χ1v) is 4.69. The molecule has 56 valence electrons. The molecule has 0 heterocycles. The summed E-state index contributed by atoms with van der Waals surface area (Å²) in [7, 11) is 0.679. The lowest BCUT2D eigenvalue weighted by atomic mass is 10.3. The van der Waals surface area contributed by atoms with Crippen molar-refractivity contribution in [2.75, 3.05) is 4.98 Å². The summed E-state index contributed by atoms with van der Waals surface area (Å²) in [6.45, 7) is 2.03. The van der Waals surface area contributed by atoms with E-state index in [0.29, 0.717) is 9.68 Å². The standard InChI is InChI=1S/C9H11NSi/c1-2-8-11-10-9-6-4-3-5-7-9/h2-8,10H,1H3. The van der Waals surface area contributed by atoms with E-state index in [0.717, 1.165) is 0 Å². The second-order valence-electron chi connectivity index (χ2n) is 2.14. The van der Waals surface area contributed by atoms with E-state index in [4.69, 9.17) is 0 Å². The molecule has 0 amide bonds. The van der Waals surface area contributed by atoms with Gasteiger partial charge < -0.3 is 4.98 Å². The van der Waals surface area contributed by atoms with Crippen LogP contribution in [0, 0.1) is 0 Å². The topological polar surface area (TPSA) is 12.0 Å². The largest absolute Gasteiger partial charge is 0.408 e. The van der Waals surface area contributed by atoms with Gasteiger partial charge in [0.1, 0.15) is 0 Å². The van der Waals surface area contributed by atoms with Crippen molar-refractivity contribution >= 4 is 15.4 Å². The van der Waals surface area contributed by atoms with Gasteiger partial charge in [-0.3, -0.25) is 0 Å². The zero-order valence-corrected chi connectivity index (χ0v) is 7.54. The van der Waals surface area contributed by atoms with Crippen molar-refractivity contribution in [3.8, 4) is 0 Å². The van der Waals surface area contributed by atoms with E-state index in [2.05, 4.69) is 22.8 Å². The van der Waals surface area contributed by atoms with Gasteiger partial charge in [0.05, 0.1) is 0 Å². The molecule has 0 spiro atoms. The van der Waals surface area contributed by atoms with Gasteiger partial charge in [-0.1, -0.05) is 30.0 Å². The molecule has 0 fully saturated rings. The highest BCUT2D eigenvalue weighted by molar-refractivity contribution is 6.46. The summed E-state index contributed by atoms with van der Waals surface area (Å²) in [5, 5.41) is 0. The molecule has 2 radical (unpaired) electrons. The van der Waals surface area contributed by atoms with Crippen molar-refractivity contribution < 1.29 is 0 Å². The Labute approximate surface area is 70.0 Å². The maximum Gasteiger partial charge on any atom is 0.210 e. The van der Waals surface area contributed by atoms with E-state index in [1.54, 1.807) is 0 Å². The zero-order valence-electron chi connectivity index (χ0n) is 6.54. The summed E-state index contributed by atoms with van der Waals surface area (Å²) in [6, 6.07) is 10.2. The Kier molecular flexibility index (Phi) is 3.48. The van der Waals surface area contributed by atoms with E-state index < -0.39 is 0 Å². The molecule has 11 heavy (non-hydrogen) atoms. The lowest BCUT2D eigenvalue weighted by molar-refractivity contribution is 1.67. The molecule has 2 heteroatoms. The summed E-state index contributed by atoms with van der Waals surface area (Å²) in [5.41, 5.74) is 3.30. The average Bonchev–Trinajstić information content (AvgIpc) is 2.07. The lowest BCUT2D eigenvalue weighted by Crippen LogP contribution is -2.01. The molecule has 0 bridgehead atoms. The average molecular weight is 161 g/mol. The van der Waals surface area contributed by atoms with Crippen LogP contribution in [0.1, 0.15) is 6.92 Å². The maximum absolute atomic E-state index is 3.29. The van der Waals surface area contributed by atoms with Crippen LogP contribution in [0.25, 0.3) is 0 Å². The first-order valence-electron chi connectivity index (χ1n) is 3.61. The molecule has 1 aromatic carbocycles. The van der Waals surface area contributed by atoms with E-state index >= 15 is 0 Å². The van der Waals surface area contributed by atoms with Crippen molar-refractivity contribution in [1.29, 1.82) is 0 Å². The van der Waals surface area contributed by atoms with Crippen molar-refractivity contribution in [3.05, 3.63) is 42.1 Å². The number of anilines is 1. The number of para-hydroxylation sites is 1. The van der Waals surface area contributed by atoms with E-state index in [9.17, 15) is 0 Å². The highest BCUT2D eigenvalue weighted by atomic mass is 28.2. The number of rotatable bonds is 3. The summed E-state index contributed by atoms with van der Waals surface area (Å²) in [6.07, 6.45) is 2.05. The predicted molar refractivity (Wildman–Crippen MR) is 50.6 cm³/mol.